The van der Waals surface area contributed by atoms with Crippen molar-refractivity contribution in [2.24, 2.45) is 0 Å². The first-order valence-corrected chi connectivity index (χ1v) is 8.11. The zero-order valence-corrected chi connectivity index (χ0v) is 12.3. The van der Waals surface area contributed by atoms with Gasteiger partial charge in [-0.15, -0.1) is 0 Å². The second kappa shape index (κ2) is 5.04. The molecule has 102 valence electrons. The molecule has 0 spiro atoms. The molecule has 0 amide bonds. The number of hydrogen-bond acceptors (Lipinski definition) is 4. The van der Waals surface area contributed by atoms with Crippen LogP contribution in [0.25, 0.3) is 11.2 Å². The van der Waals surface area contributed by atoms with Gasteiger partial charge in [-0.25, -0.2) is 9.97 Å². The maximum Gasteiger partial charge on any atom is 0.202 e. The summed E-state index contributed by atoms with van der Waals surface area (Å²) >= 11 is 1.98. The van der Waals surface area contributed by atoms with Gasteiger partial charge in [-0.1, -0.05) is 0 Å². The second-order valence-electron chi connectivity index (χ2n) is 5.30. The van der Waals surface area contributed by atoms with E-state index in [0.717, 1.165) is 22.1 Å². The normalized spacial score (nSPS) is 23.9. The number of hydrogen-bond donors (Lipinski definition) is 1. The molecule has 19 heavy (non-hydrogen) atoms. The Balaban J connectivity index is 1.96. The molecule has 1 saturated carbocycles. The van der Waals surface area contributed by atoms with Crippen LogP contribution in [0, 0.1) is 6.92 Å². The molecule has 3 rings (SSSR count). The summed E-state index contributed by atoms with van der Waals surface area (Å²) in [7, 11) is 0. The van der Waals surface area contributed by atoms with Gasteiger partial charge in [-0.3, -0.25) is 4.57 Å². The van der Waals surface area contributed by atoms with Crippen LogP contribution in [0.1, 0.15) is 37.4 Å². The van der Waals surface area contributed by atoms with Gasteiger partial charge in [0.05, 0.1) is 0 Å². The minimum Gasteiger partial charge on any atom is -0.369 e. The standard InChI is InChI=1S/C14H20N4S/c1-9-3-8-12-13(16-9)18(14(15)17-12)10-4-6-11(19-2)7-5-10/h3,8,10-11H,4-7H2,1-2H3,(H2,15,17). The summed E-state index contributed by atoms with van der Waals surface area (Å²) < 4.78 is 2.15. The molecule has 4 nitrogen and oxygen atoms in total. The lowest BCUT2D eigenvalue weighted by molar-refractivity contribution is 0.368. The number of anilines is 1. The van der Waals surface area contributed by atoms with Crippen molar-refractivity contribution in [3.05, 3.63) is 17.8 Å². The summed E-state index contributed by atoms with van der Waals surface area (Å²) in [4.78, 5) is 9.07. The molecule has 0 saturated heterocycles. The zero-order chi connectivity index (χ0) is 13.4. The number of nitrogens with two attached hydrogens (primary N) is 1. The third kappa shape index (κ3) is 2.31. The van der Waals surface area contributed by atoms with Crippen molar-refractivity contribution >= 4 is 28.9 Å². The number of aryl methyl sites for hydroxylation is 1. The first kappa shape index (κ1) is 12.8. The van der Waals surface area contributed by atoms with Gasteiger partial charge in [-0.2, -0.15) is 11.8 Å². The van der Waals surface area contributed by atoms with Gasteiger partial charge in [0, 0.05) is 17.0 Å². The number of fused-ring (bicyclic) bond motifs is 1. The van der Waals surface area contributed by atoms with E-state index in [1.54, 1.807) is 0 Å². The van der Waals surface area contributed by atoms with E-state index in [2.05, 4.69) is 20.8 Å². The Hall–Kier alpha value is -1.23. The average molecular weight is 276 g/mol. The van der Waals surface area contributed by atoms with Crippen molar-refractivity contribution in [1.82, 2.24) is 14.5 Å². The molecule has 0 bridgehead atoms. The topological polar surface area (TPSA) is 56.7 Å². The highest BCUT2D eigenvalue weighted by Crippen LogP contribution is 2.36. The van der Waals surface area contributed by atoms with E-state index in [1.807, 2.05) is 30.8 Å². The summed E-state index contributed by atoms with van der Waals surface area (Å²) in [5.74, 6) is 0.612. The quantitative estimate of drug-likeness (QED) is 0.915. The first-order chi connectivity index (χ1) is 9.19. The van der Waals surface area contributed by atoms with Crippen molar-refractivity contribution in [1.29, 1.82) is 0 Å². The Morgan fingerprint density at radius 2 is 1.95 bits per heavy atom. The molecular formula is C14H20N4S. The van der Waals surface area contributed by atoms with E-state index in [-0.39, 0.29) is 0 Å². The van der Waals surface area contributed by atoms with Crippen LogP contribution in [0.2, 0.25) is 0 Å². The molecule has 2 aromatic rings. The van der Waals surface area contributed by atoms with Crippen LogP contribution < -0.4 is 5.73 Å². The van der Waals surface area contributed by atoms with Gasteiger partial charge in [0.1, 0.15) is 5.52 Å². The summed E-state index contributed by atoms with van der Waals surface area (Å²) in [6.07, 6.45) is 7.08. The third-order valence-corrected chi connectivity index (χ3v) is 5.18. The Kier molecular flexibility index (Phi) is 3.39. The molecule has 0 unspecified atom stereocenters. The number of nitrogen functional groups attached to an aromatic ring is 1. The minimum atomic E-state index is 0.461. The van der Waals surface area contributed by atoms with E-state index in [9.17, 15) is 0 Å². The minimum absolute atomic E-state index is 0.461. The first-order valence-electron chi connectivity index (χ1n) is 6.83. The van der Waals surface area contributed by atoms with Crippen LogP contribution in [-0.2, 0) is 0 Å². The second-order valence-corrected chi connectivity index (χ2v) is 6.44. The van der Waals surface area contributed by atoms with Crippen LogP contribution in [0.3, 0.4) is 0 Å². The molecule has 5 heteroatoms. The molecule has 2 N–H and O–H groups in total. The van der Waals surface area contributed by atoms with Gasteiger partial charge in [0.2, 0.25) is 5.95 Å². The van der Waals surface area contributed by atoms with Crippen LogP contribution >= 0.6 is 11.8 Å². The number of aromatic nitrogens is 3. The van der Waals surface area contributed by atoms with Crippen LogP contribution in [0.5, 0.6) is 0 Å². The number of nitrogens with zero attached hydrogens (tertiary/aromatic N) is 3. The number of thioether (sulfide) groups is 1. The highest BCUT2D eigenvalue weighted by molar-refractivity contribution is 7.99. The van der Waals surface area contributed by atoms with E-state index in [1.165, 1.54) is 25.7 Å². The Bertz CT molecular complexity index is 584. The van der Waals surface area contributed by atoms with Crippen molar-refractivity contribution in [3.8, 4) is 0 Å². The van der Waals surface area contributed by atoms with E-state index >= 15 is 0 Å². The van der Waals surface area contributed by atoms with Crippen LogP contribution in [-0.4, -0.2) is 26.0 Å². The van der Waals surface area contributed by atoms with Gasteiger partial charge in [0.25, 0.3) is 0 Å². The lowest BCUT2D eigenvalue weighted by Gasteiger charge is -2.28. The summed E-state index contributed by atoms with van der Waals surface area (Å²) in [6, 6.07) is 4.46. The monoisotopic (exact) mass is 276 g/mol. The van der Waals surface area contributed by atoms with Crippen molar-refractivity contribution in [2.45, 2.75) is 43.9 Å². The number of rotatable bonds is 2. The molecule has 2 aromatic heterocycles. The lowest BCUT2D eigenvalue weighted by Crippen LogP contribution is -2.20. The van der Waals surface area contributed by atoms with Crippen molar-refractivity contribution in [3.63, 3.8) is 0 Å². The molecular weight excluding hydrogens is 256 g/mol. The van der Waals surface area contributed by atoms with Gasteiger partial charge in [0.15, 0.2) is 5.65 Å². The zero-order valence-electron chi connectivity index (χ0n) is 11.5. The van der Waals surface area contributed by atoms with Gasteiger partial charge < -0.3 is 5.73 Å². The molecule has 0 aliphatic heterocycles. The third-order valence-electron chi connectivity index (χ3n) is 4.05. The molecule has 0 radical (unpaired) electrons. The summed E-state index contributed by atoms with van der Waals surface area (Å²) in [5, 5.41) is 0.807. The highest BCUT2D eigenvalue weighted by Gasteiger charge is 2.25. The molecule has 1 aliphatic carbocycles. The van der Waals surface area contributed by atoms with Crippen LogP contribution in [0.15, 0.2) is 12.1 Å². The molecule has 0 aromatic carbocycles. The molecule has 0 atom stereocenters. The summed E-state index contributed by atoms with van der Waals surface area (Å²) in [5.41, 5.74) is 8.99. The fourth-order valence-electron chi connectivity index (χ4n) is 2.99. The number of imidazole rings is 1. The van der Waals surface area contributed by atoms with Crippen molar-refractivity contribution in [2.75, 3.05) is 12.0 Å². The van der Waals surface area contributed by atoms with Crippen molar-refractivity contribution < 1.29 is 0 Å². The SMILES string of the molecule is CSC1CCC(n2c(N)nc3ccc(C)nc32)CC1. The van der Waals surface area contributed by atoms with E-state index in [4.69, 9.17) is 5.73 Å². The van der Waals surface area contributed by atoms with E-state index in [0.29, 0.717) is 12.0 Å². The fourth-order valence-corrected chi connectivity index (χ4v) is 3.73. The highest BCUT2D eigenvalue weighted by atomic mass is 32.2. The Morgan fingerprint density at radius 3 is 2.63 bits per heavy atom. The van der Waals surface area contributed by atoms with Crippen LogP contribution in [0.4, 0.5) is 5.95 Å². The fraction of sp³-hybridized carbons (Fsp3) is 0.571. The molecule has 1 aliphatic rings. The largest absolute Gasteiger partial charge is 0.369 e. The predicted molar refractivity (Wildman–Crippen MR) is 81.5 cm³/mol. The summed E-state index contributed by atoms with van der Waals surface area (Å²) in [6.45, 7) is 2.01. The average Bonchev–Trinajstić information content (AvgIpc) is 2.74. The Labute approximate surface area is 117 Å². The predicted octanol–water partition coefficient (Wildman–Crippen LogP) is 3.17. The maximum absolute atomic E-state index is 6.11. The van der Waals surface area contributed by atoms with Gasteiger partial charge >= 0.3 is 0 Å². The smallest absolute Gasteiger partial charge is 0.202 e. The Morgan fingerprint density at radius 1 is 1.21 bits per heavy atom. The molecule has 1 fully saturated rings. The van der Waals surface area contributed by atoms with Gasteiger partial charge in [-0.05, 0) is 51.0 Å². The molecule has 2 heterocycles. The number of pyridine rings is 1. The lowest BCUT2D eigenvalue weighted by atomic mass is 9.95. The maximum atomic E-state index is 6.11. The van der Waals surface area contributed by atoms with E-state index < -0.39 is 0 Å².